The normalized spacial score (nSPS) is 10.9. The summed E-state index contributed by atoms with van der Waals surface area (Å²) >= 11 is 11.3. The quantitative estimate of drug-likeness (QED) is 0.408. The Morgan fingerprint density at radius 1 is 1.26 bits per heavy atom. The van der Waals surface area contributed by atoms with Gasteiger partial charge in [0.2, 0.25) is 5.28 Å². The number of aromatic nitrogens is 2. The van der Waals surface area contributed by atoms with E-state index in [4.69, 9.17) is 23.2 Å². The molecule has 0 saturated heterocycles. The third kappa shape index (κ3) is 3.59. The lowest BCUT2D eigenvalue weighted by Gasteiger charge is -2.02. The minimum Gasteiger partial charge on any atom is -0.276 e. The van der Waals surface area contributed by atoms with Gasteiger partial charge in [0.05, 0.1) is 17.5 Å². The molecule has 0 bridgehead atoms. The van der Waals surface area contributed by atoms with Crippen molar-refractivity contribution < 1.29 is 8.78 Å². The van der Waals surface area contributed by atoms with Gasteiger partial charge in [0, 0.05) is 12.3 Å². The first-order chi connectivity index (χ1) is 9.06. The largest absolute Gasteiger partial charge is 0.276 e. The van der Waals surface area contributed by atoms with Gasteiger partial charge in [-0.3, -0.25) is 5.43 Å². The second-order valence-corrected chi connectivity index (χ2v) is 4.08. The summed E-state index contributed by atoms with van der Waals surface area (Å²) in [5.74, 6) is -1.42. The van der Waals surface area contributed by atoms with E-state index in [0.717, 1.165) is 12.1 Å². The molecule has 0 radical (unpaired) electrons. The summed E-state index contributed by atoms with van der Waals surface area (Å²) in [6.07, 6.45) is 2.66. The molecule has 2 aromatic rings. The maximum absolute atomic E-state index is 13.3. The zero-order valence-corrected chi connectivity index (χ0v) is 10.8. The Balaban J connectivity index is 2.11. The highest BCUT2D eigenvalue weighted by Crippen LogP contribution is 2.15. The Hall–Kier alpha value is -1.79. The minimum atomic E-state index is -0.754. The fourth-order valence-electron chi connectivity index (χ4n) is 1.19. The van der Waals surface area contributed by atoms with E-state index in [1.165, 1.54) is 18.5 Å². The molecule has 1 heterocycles. The molecule has 0 aliphatic carbocycles. The Bertz CT molecular complexity index is 634. The third-order valence-electron chi connectivity index (χ3n) is 2.06. The van der Waals surface area contributed by atoms with Crippen molar-refractivity contribution in [3.63, 3.8) is 0 Å². The first kappa shape index (κ1) is 13.6. The van der Waals surface area contributed by atoms with Crippen molar-refractivity contribution in [3.8, 4) is 0 Å². The first-order valence-electron chi connectivity index (χ1n) is 4.98. The van der Waals surface area contributed by atoms with E-state index in [1.54, 1.807) is 0 Å². The van der Waals surface area contributed by atoms with Crippen LogP contribution in [0.3, 0.4) is 0 Å². The van der Waals surface area contributed by atoms with Gasteiger partial charge < -0.3 is 0 Å². The zero-order chi connectivity index (χ0) is 13.8. The number of nitrogens with one attached hydrogen (secondary N) is 1. The predicted octanol–water partition coefficient (Wildman–Crippen LogP) is 3.51. The highest BCUT2D eigenvalue weighted by Gasteiger charge is 2.03. The average Bonchev–Trinajstić information content (AvgIpc) is 2.34. The fraction of sp³-hybridized carbons (Fsp3) is 0. The molecule has 98 valence electrons. The van der Waals surface area contributed by atoms with Gasteiger partial charge in [-0.15, -0.1) is 0 Å². The smallest absolute Gasteiger partial charge is 0.223 e. The van der Waals surface area contributed by atoms with Crippen molar-refractivity contribution in [3.05, 3.63) is 52.0 Å². The van der Waals surface area contributed by atoms with E-state index in [1.807, 2.05) is 0 Å². The average molecular weight is 303 g/mol. The maximum atomic E-state index is 13.3. The lowest BCUT2D eigenvalue weighted by atomic mass is 10.3. The van der Waals surface area contributed by atoms with Gasteiger partial charge in [0.15, 0.2) is 5.82 Å². The molecule has 0 amide bonds. The van der Waals surface area contributed by atoms with Crippen molar-refractivity contribution in [2.45, 2.75) is 0 Å². The molecule has 0 spiro atoms. The molecule has 0 aliphatic rings. The predicted molar refractivity (Wildman–Crippen MR) is 69.6 cm³/mol. The molecule has 1 N–H and O–H groups in total. The van der Waals surface area contributed by atoms with E-state index in [-0.39, 0.29) is 16.1 Å². The van der Waals surface area contributed by atoms with Crippen molar-refractivity contribution in [2.24, 2.45) is 5.10 Å². The maximum Gasteiger partial charge on any atom is 0.223 e. The first-order valence-corrected chi connectivity index (χ1v) is 5.74. The van der Waals surface area contributed by atoms with Gasteiger partial charge in [-0.2, -0.15) is 5.10 Å². The second-order valence-electron chi connectivity index (χ2n) is 3.38. The van der Waals surface area contributed by atoms with Crippen molar-refractivity contribution in [1.82, 2.24) is 9.97 Å². The Morgan fingerprint density at radius 2 is 2.05 bits per heavy atom. The molecule has 0 fully saturated rings. The van der Waals surface area contributed by atoms with Crippen LogP contribution >= 0.6 is 23.2 Å². The van der Waals surface area contributed by atoms with E-state index in [9.17, 15) is 8.78 Å². The van der Waals surface area contributed by atoms with Gasteiger partial charge in [-0.1, -0.05) is 11.6 Å². The molecule has 19 heavy (non-hydrogen) atoms. The van der Waals surface area contributed by atoms with Gasteiger partial charge >= 0.3 is 0 Å². The number of anilines is 1. The monoisotopic (exact) mass is 302 g/mol. The topological polar surface area (TPSA) is 50.2 Å². The lowest BCUT2D eigenvalue weighted by molar-refractivity contribution is 0.585. The molecular formula is C11H6Cl2F2N4. The summed E-state index contributed by atoms with van der Waals surface area (Å²) in [7, 11) is 0. The molecule has 2 rings (SSSR count). The van der Waals surface area contributed by atoms with Gasteiger partial charge in [-0.05, 0) is 23.7 Å². The number of hydrazone groups is 1. The second kappa shape index (κ2) is 5.90. The van der Waals surface area contributed by atoms with E-state index >= 15 is 0 Å². The number of rotatable bonds is 3. The molecule has 1 aromatic heterocycles. The molecule has 0 aliphatic heterocycles. The summed E-state index contributed by atoms with van der Waals surface area (Å²) in [6.45, 7) is 0. The Morgan fingerprint density at radius 3 is 2.74 bits per heavy atom. The number of halogens is 4. The van der Waals surface area contributed by atoms with E-state index in [2.05, 4.69) is 20.5 Å². The summed E-state index contributed by atoms with van der Waals surface area (Å²) in [5.41, 5.74) is 2.85. The van der Waals surface area contributed by atoms with Gasteiger partial charge in [0.1, 0.15) is 11.0 Å². The van der Waals surface area contributed by atoms with Crippen LogP contribution in [0.25, 0.3) is 0 Å². The molecule has 0 atom stereocenters. The van der Waals surface area contributed by atoms with Crippen LogP contribution in [0.5, 0.6) is 0 Å². The van der Waals surface area contributed by atoms with Crippen molar-refractivity contribution in [1.29, 1.82) is 0 Å². The number of hydrogen-bond donors (Lipinski definition) is 1. The zero-order valence-electron chi connectivity index (χ0n) is 9.24. The Labute approximate surface area is 117 Å². The highest BCUT2D eigenvalue weighted by molar-refractivity contribution is 6.33. The van der Waals surface area contributed by atoms with Crippen molar-refractivity contribution >= 4 is 35.1 Å². The van der Waals surface area contributed by atoms with Crippen LogP contribution in [-0.4, -0.2) is 16.2 Å². The molecule has 4 nitrogen and oxygen atoms in total. The summed E-state index contributed by atoms with van der Waals surface area (Å²) in [6, 6.07) is 3.08. The summed E-state index contributed by atoms with van der Waals surface area (Å²) in [5, 5.41) is 3.88. The van der Waals surface area contributed by atoms with Crippen LogP contribution in [0.4, 0.5) is 14.5 Å². The SMILES string of the molecule is Fc1ccc(N/N=C\c2cnc(Cl)nc2Cl)c(F)c1. The number of nitrogens with zero attached hydrogens (tertiary/aromatic N) is 3. The van der Waals surface area contributed by atoms with Crippen LogP contribution in [0.15, 0.2) is 29.5 Å². The lowest BCUT2D eigenvalue weighted by Crippen LogP contribution is -1.96. The van der Waals surface area contributed by atoms with E-state index in [0.29, 0.717) is 5.56 Å². The van der Waals surface area contributed by atoms with Gasteiger partial charge in [-0.25, -0.2) is 18.7 Å². The number of benzene rings is 1. The fourth-order valence-corrected chi connectivity index (χ4v) is 1.54. The van der Waals surface area contributed by atoms with Crippen LogP contribution in [-0.2, 0) is 0 Å². The van der Waals surface area contributed by atoms with Crippen LogP contribution in [0, 0.1) is 11.6 Å². The summed E-state index contributed by atoms with van der Waals surface area (Å²) in [4.78, 5) is 7.43. The molecule has 0 unspecified atom stereocenters. The standard InChI is InChI=1S/C11H6Cl2F2N4/c12-10-6(4-16-11(13)18-10)5-17-19-9-2-1-7(14)3-8(9)15/h1-5,19H/b17-5-. The minimum absolute atomic E-state index is 0.0136. The highest BCUT2D eigenvalue weighted by atomic mass is 35.5. The van der Waals surface area contributed by atoms with Gasteiger partial charge in [0.25, 0.3) is 0 Å². The van der Waals surface area contributed by atoms with Crippen LogP contribution in [0.1, 0.15) is 5.56 Å². The molecular weight excluding hydrogens is 297 g/mol. The summed E-state index contributed by atoms with van der Waals surface area (Å²) < 4.78 is 25.9. The number of hydrogen-bond acceptors (Lipinski definition) is 4. The van der Waals surface area contributed by atoms with Crippen molar-refractivity contribution in [2.75, 3.05) is 5.43 Å². The van der Waals surface area contributed by atoms with Crippen LogP contribution in [0.2, 0.25) is 10.4 Å². The Kier molecular flexibility index (Phi) is 4.24. The van der Waals surface area contributed by atoms with Crippen LogP contribution < -0.4 is 5.43 Å². The third-order valence-corrected chi connectivity index (χ3v) is 2.54. The molecule has 8 heteroatoms. The van der Waals surface area contributed by atoms with E-state index < -0.39 is 11.6 Å². The molecule has 1 aromatic carbocycles. The molecule has 0 saturated carbocycles.